The molecule has 0 aliphatic carbocycles. The number of carbonyl (C=O) groups excluding carboxylic acids is 1. The first-order valence-electron chi connectivity index (χ1n) is 6.44. The van der Waals surface area contributed by atoms with Crippen molar-refractivity contribution in [3.8, 4) is 0 Å². The standard InChI is InChI=1S/C15H9F2N3O3/c16-9-3-4-10(20-15(22)23)12(17)11(9)13(21)8-6-19-14-7(8)2-1-5-18-14/h1-6,20H,(H,18,19)(H,22,23). The molecule has 0 aliphatic heterocycles. The van der Waals surface area contributed by atoms with Gasteiger partial charge in [-0.15, -0.1) is 0 Å². The van der Waals surface area contributed by atoms with Gasteiger partial charge in [0.1, 0.15) is 11.5 Å². The first-order valence-corrected chi connectivity index (χ1v) is 6.44. The van der Waals surface area contributed by atoms with Crippen LogP contribution in [0.4, 0.5) is 19.3 Å². The van der Waals surface area contributed by atoms with Crippen LogP contribution in [-0.4, -0.2) is 27.0 Å². The van der Waals surface area contributed by atoms with Gasteiger partial charge in [-0.25, -0.2) is 18.6 Å². The molecule has 2 heterocycles. The third-order valence-corrected chi connectivity index (χ3v) is 3.26. The Hall–Kier alpha value is -3.29. The van der Waals surface area contributed by atoms with E-state index in [0.29, 0.717) is 11.0 Å². The number of nitrogens with zero attached hydrogens (tertiary/aromatic N) is 1. The fraction of sp³-hybridized carbons (Fsp3) is 0. The first kappa shape index (κ1) is 14.6. The largest absolute Gasteiger partial charge is 0.465 e. The molecule has 3 rings (SSSR count). The molecule has 0 atom stereocenters. The quantitative estimate of drug-likeness (QED) is 0.647. The number of pyridine rings is 1. The van der Waals surface area contributed by atoms with Gasteiger partial charge < -0.3 is 10.1 Å². The fourth-order valence-corrected chi connectivity index (χ4v) is 2.25. The number of carboxylic acid groups (broad SMARTS) is 1. The van der Waals surface area contributed by atoms with Crippen molar-refractivity contribution in [1.82, 2.24) is 9.97 Å². The highest BCUT2D eigenvalue weighted by Crippen LogP contribution is 2.26. The van der Waals surface area contributed by atoms with Gasteiger partial charge in [-0.3, -0.25) is 10.1 Å². The summed E-state index contributed by atoms with van der Waals surface area (Å²) in [6.07, 6.45) is 1.28. The lowest BCUT2D eigenvalue weighted by atomic mass is 10.0. The predicted octanol–water partition coefficient (Wildman–Crippen LogP) is 3.16. The van der Waals surface area contributed by atoms with E-state index in [1.807, 2.05) is 0 Å². The monoisotopic (exact) mass is 317 g/mol. The summed E-state index contributed by atoms with van der Waals surface area (Å²) in [5, 5.41) is 10.8. The van der Waals surface area contributed by atoms with E-state index in [1.54, 1.807) is 17.4 Å². The zero-order valence-electron chi connectivity index (χ0n) is 11.4. The molecule has 3 aromatic rings. The Labute approximate surface area is 127 Å². The molecule has 0 saturated heterocycles. The summed E-state index contributed by atoms with van der Waals surface area (Å²) in [6, 6.07) is 4.91. The minimum Gasteiger partial charge on any atom is -0.465 e. The molecule has 2 aromatic heterocycles. The van der Waals surface area contributed by atoms with Gasteiger partial charge in [-0.2, -0.15) is 0 Å². The lowest BCUT2D eigenvalue weighted by Crippen LogP contribution is -2.13. The minimum absolute atomic E-state index is 0.0402. The number of nitrogens with one attached hydrogen (secondary N) is 2. The summed E-state index contributed by atoms with van der Waals surface area (Å²) < 4.78 is 28.3. The van der Waals surface area contributed by atoms with Gasteiger partial charge in [0.2, 0.25) is 5.78 Å². The van der Waals surface area contributed by atoms with Crippen LogP contribution in [0.15, 0.2) is 36.7 Å². The minimum atomic E-state index is -1.52. The van der Waals surface area contributed by atoms with Gasteiger partial charge in [-0.05, 0) is 24.3 Å². The van der Waals surface area contributed by atoms with Crippen molar-refractivity contribution in [2.24, 2.45) is 0 Å². The van der Waals surface area contributed by atoms with E-state index >= 15 is 0 Å². The molecule has 0 fully saturated rings. The zero-order valence-corrected chi connectivity index (χ0v) is 11.4. The van der Waals surface area contributed by atoms with Crippen LogP contribution in [0.25, 0.3) is 11.0 Å². The van der Waals surface area contributed by atoms with E-state index in [1.165, 1.54) is 12.4 Å². The number of aromatic nitrogens is 2. The van der Waals surface area contributed by atoms with E-state index in [-0.39, 0.29) is 5.56 Å². The van der Waals surface area contributed by atoms with Crippen molar-refractivity contribution in [1.29, 1.82) is 0 Å². The molecule has 8 heteroatoms. The maximum Gasteiger partial charge on any atom is 0.409 e. The van der Waals surface area contributed by atoms with Crippen LogP contribution in [0.3, 0.4) is 0 Å². The molecule has 116 valence electrons. The molecule has 0 bridgehead atoms. The number of fused-ring (bicyclic) bond motifs is 1. The Morgan fingerprint density at radius 2 is 2.00 bits per heavy atom. The van der Waals surface area contributed by atoms with E-state index < -0.39 is 34.8 Å². The number of anilines is 1. The number of rotatable bonds is 3. The number of amides is 1. The molecular weight excluding hydrogens is 308 g/mol. The average molecular weight is 317 g/mol. The van der Waals surface area contributed by atoms with Crippen LogP contribution in [0.5, 0.6) is 0 Å². The second-order valence-corrected chi connectivity index (χ2v) is 4.65. The van der Waals surface area contributed by atoms with E-state index in [9.17, 15) is 18.4 Å². The van der Waals surface area contributed by atoms with Crippen LogP contribution in [0, 0.1) is 11.6 Å². The van der Waals surface area contributed by atoms with Crippen molar-refractivity contribution in [2.75, 3.05) is 5.32 Å². The van der Waals surface area contributed by atoms with Crippen LogP contribution in [0.2, 0.25) is 0 Å². The van der Waals surface area contributed by atoms with Gasteiger partial charge in [0, 0.05) is 23.3 Å². The van der Waals surface area contributed by atoms with Crippen LogP contribution < -0.4 is 5.32 Å². The Morgan fingerprint density at radius 1 is 1.22 bits per heavy atom. The lowest BCUT2D eigenvalue weighted by molar-refractivity contribution is 0.103. The summed E-state index contributed by atoms with van der Waals surface area (Å²) >= 11 is 0. The predicted molar refractivity (Wildman–Crippen MR) is 77.5 cm³/mol. The molecule has 0 radical (unpaired) electrons. The summed E-state index contributed by atoms with van der Waals surface area (Å²) in [5.41, 5.74) is -0.893. The molecule has 1 aromatic carbocycles. The second-order valence-electron chi connectivity index (χ2n) is 4.65. The number of aromatic amines is 1. The number of halogens is 2. The Morgan fingerprint density at radius 3 is 2.74 bits per heavy atom. The second kappa shape index (κ2) is 5.48. The number of ketones is 1. The Kier molecular flexibility index (Phi) is 3.49. The van der Waals surface area contributed by atoms with Crippen molar-refractivity contribution in [3.05, 3.63) is 59.4 Å². The maximum absolute atomic E-state index is 14.3. The molecule has 3 N–H and O–H groups in total. The van der Waals surface area contributed by atoms with Crippen molar-refractivity contribution in [2.45, 2.75) is 0 Å². The molecule has 6 nitrogen and oxygen atoms in total. The zero-order chi connectivity index (χ0) is 16.6. The highest BCUT2D eigenvalue weighted by molar-refractivity contribution is 6.16. The summed E-state index contributed by atoms with van der Waals surface area (Å²) in [6.45, 7) is 0. The topological polar surface area (TPSA) is 95.1 Å². The van der Waals surface area contributed by atoms with E-state index in [4.69, 9.17) is 5.11 Å². The van der Waals surface area contributed by atoms with Gasteiger partial charge >= 0.3 is 6.09 Å². The average Bonchev–Trinajstić information content (AvgIpc) is 2.94. The fourth-order valence-electron chi connectivity index (χ4n) is 2.25. The van der Waals surface area contributed by atoms with Crippen molar-refractivity contribution >= 4 is 28.6 Å². The number of carbonyl (C=O) groups is 2. The summed E-state index contributed by atoms with van der Waals surface area (Å²) in [5.74, 6) is -3.26. The SMILES string of the molecule is O=C(O)Nc1ccc(F)c(C(=O)c2c[nH]c3ncccc23)c1F. The van der Waals surface area contributed by atoms with Gasteiger partial charge in [0.25, 0.3) is 0 Å². The maximum atomic E-state index is 14.3. The third-order valence-electron chi connectivity index (χ3n) is 3.26. The van der Waals surface area contributed by atoms with Crippen molar-refractivity contribution in [3.63, 3.8) is 0 Å². The number of benzene rings is 1. The van der Waals surface area contributed by atoms with Crippen LogP contribution in [0.1, 0.15) is 15.9 Å². The van der Waals surface area contributed by atoms with Gasteiger partial charge in [0.05, 0.1) is 11.3 Å². The number of hydrogen-bond acceptors (Lipinski definition) is 3. The normalized spacial score (nSPS) is 10.7. The highest BCUT2D eigenvalue weighted by atomic mass is 19.1. The highest BCUT2D eigenvalue weighted by Gasteiger charge is 2.24. The number of hydrogen-bond donors (Lipinski definition) is 3. The molecule has 0 saturated carbocycles. The molecular formula is C15H9F2N3O3. The summed E-state index contributed by atoms with van der Waals surface area (Å²) in [4.78, 5) is 29.9. The Bertz CT molecular complexity index is 937. The van der Waals surface area contributed by atoms with Crippen LogP contribution >= 0.6 is 0 Å². The van der Waals surface area contributed by atoms with Gasteiger partial charge in [-0.1, -0.05) is 0 Å². The lowest BCUT2D eigenvalue weighted by Gasteiger charge is -2.08. The number of H-pyrrole nitrogens is 1. The molecule has 0 unspecified atom stereocenters. The van der Waals surface area contributed by atoms with Crippen LogP contribution in [-0.2, 0) is 0 Å². The molecule has 1 amide bonds. The smallest absolute Gasteiger partial charge is 0.409 e. The van der Waals surface area contributed by atoms with E-state index in [0.717, 1.165) is 12.1 Å². The molecule has 0 spiro atoms. The first-order chi connectivity index (χ1) is 11.0. The van der Waals surface area contributed by atoms with E-state index in [2.05, 4.69) is 9.97 Å². The Balaban J connectivity index is 2.14. The third kappa shape index (κ3) is 2.50. The molecule has 0 aliphatic rings. The van der Waals surface area contributed by atoms with Crippen molar-refractivity contribution < 1.29 is 23.5 Å². The summed E-state index contributed by atoms with van der Waals surface area (Å²) in [7, 11) is 0. The van der Waals surface area contributed by atoms with Gasteiger partial charge in [0.15, 0.2) is 5.82 Å². The molecule has 23 heavy (non-hydrogen) atoms.